The predicted molar refractivity (Wildman–Crippen MR) is 110 cm³/mol. The van der Waals surface area contributed by atoms with Crippen molar-refractivity contribution in [2.24, 2.45) is 11.7 Å². The monoisotopic (exact) mass is 446 g/mol. The summed E-state index contributed by atoms with van der Waals surface area (Å²) in [6.45, 7) is 3.81. The number of carboxylic acid groups (broad SMARTS) is 2. The normalized spacial score (nSPS) is 19.1. The summed E-state index contributed by atoms with van der Waals surface area (Å²) >= 11 is 3.94. The average Bonchev–Trinajstić information content (AvgIpc) is 3.14. The van der Waals surface area contributed by atoms with Gasteiger partial charge in [-0.15, -0.1) is 0 Å². The van der Waals surface area contributed by atoms with Crippen LogP contribution in [0.3, 0.4) is 0 Å². The van der Waals surface area contributed by atoms with E-state index < -0.39 is 60.2 Å². The van der Waals surface area contributed by atoms with E-state index in [1.165, 1.54) is 0 Å². The van der Waals surface area contributed by atoms with E-state index in [9.17, 15) is 29.1 Å². The number of nitrogens with one attached hydrogen (secondary N) is 2. The van der Waals surface area contributed by atoms with Gasteiger partial charge in [-0.05, 0) is 25.2 Å². The van der Waals surface area contributed by atoms with Crippen LogP contribution >= 0.6 is 12.6 Å². The van der Waals surface area contributed by atoms with Gasteiger partial charge in [-0.25, -0.2) is 4.79 Å². The molecular formula is C18H30N4O7S. The maximum Gasteiger partial charge on any atom is 0.326 e. The van der Waals surface area contributed by atoms with Crippen LogP contribution in [0.1, 0.15) is 39.5 Å². The molecule has 6 N–H and O–H groups in total. The number of likely N-dealkylation sites (tertiary alicyclic amines) is 1. The van der Waals surface area contributed by atoms with E-state index in [4.69, 9.17) is 10.8 Å². The summed E-state index contributed by atoms with van der Waals surface area (Å²) in [7, 11) is 0. The largest absolute Gasteiger partial charge is 0.481 e. The van der Waals surface area contributed by atoms with Gasteiger partial charge < -0.3 is 31.5 Å². The smallest absolute Gasteiger partial charge is 0.326 e. The molecule has 1 rings (SSSR count). The molecule has 30 heavy (non-hydrogen) atoms. The van der Waals surface area contributed by atoms with Crippen LogP contribution in [-0.4, -0.2) is 81.2 Å². The summed E-state index contributed by atoms with van der Waals surface area (Å²) in [5.74, 6) is -4.58. The number of hydrogen-bond acceptors (Lipinski definition) is 7. The second-order valence-corrected chi connectivity index (χ2v) is 8.03. The predicted octanol–water partition coefficient (Wildman–Crippen LogP) is -1.19. The molecule has 0 aromatic heterocycles. The van der Waals surface area contributed by atoms with Crippen molar-refractivity contribution >= 4 is 42.3 Å². The zero-order valence-electron chi connectivity index (χ0n) is 17.0. The molecule has 1 heterocycles. The molecule has 0 aromatic rings. The van der Waals surface area contributed by atoms with E-state index in [0.717, 1.165) is 4.90 Å². The Labute approximate surface area is 180 Å². The molecule has 0 bridgehead atoms. The fraction of sp³-hybridized carbons (Fsp3) is 0.722. The summed E-state index contributed by atoms with van der Waals surface area (Å²) in [4.78, 5) is 61.4. The van der Waals surface area contributed by atoms with E-state index in [2.05, 4.69) is 23.3 Å². The van der Waals surface area contributed by atoms with Gasteiger partial charge in [-0.1, -0.05) is 13.8 Å². The molecule has 0 aromatic carbocycles. The molecule has 0 radical (unpaired) electrons. The first-order chi connectivity index (χ1) is 14.0. The molecule has 170 valence electrons. The fourth-order valence-electron chi connectivity index (χ4n) is 3.20. The second-order valence-electron chi connectivity index (χ2n) is 7.67. The number of nitrogens with zero attached hydrogens (tertiary/aromatic N) is 1. The minimum Gasteiger partial charge on any atom is -0.481 e. The van der Waals surface area contributed by atoms with E-state index in [-0.39, 0.29) is 31.1 Å². The Balaban J connectivity index is 3.00. The van der Waals surface area contributed by atoms with Crippen molar-refractivity contribution < 1.29 is 34.2 Å². The van der Waals surface area contributed by atoms with Crippen LogP contribution in [0.2, 0.25) is 0 Å². The van der Waals surface area contributed by atoms with Gasteiger partial charge in [0.25, 0.3) is 0 Å². The van der Waals surface area contributed by atoms with Crippen LogP contribution in [0.5, 0.6) is 0 Å². The van der Waals surface area contributed by atoms with Crippen LogP contribution in [0.4, 0.5) is 0 Å². The van der Waals surface area contributed by atoms with Gasteiger partial charge in [0.15, 0.2) is 0 Å². The zero-order chi connectivity index (χ0) is 23.0. The minimum atomic E-state index is -1.46. The molecule has 0 spiro atoms. The molecule has 4 atom stereocenters. The standard InChI is InChI=1S/C18H30N4O7S/c1-9(2)6-11(20-15(25)10(19)8-30)16(26)21-12(7-14(23)24)17(27)22-5-3-4-13(22)18(28)29/h9-13,30H,3-8,19H2,1-2H3,(H,20,25)(H,21,26)(H,23,24)(H,28,29). The Morgan fingerprint density at radius 2 is 1.70 bits per heavy atom. The zero-order valence-corrected chi connectivity index (χ0v) is 17.9. The maximum atomic E-state index is 12.8. The van der Waals surface area contributed by atoms with Gasteiger partial charge in [-0.2, -0.15) is 12.6 Å². The van der Waals surface area contributed by atoms with Crippen LogP contribution in [0.15, 0.2) is 0 Å². The number of carbonyl (C=O) groups excluding carboxylic acids is 3. The Morgan fingerprint density at radius 1 is 1.10 bits per heavy atom. The SMILES string of the molecule is CC(C)CC(NC(=O)C(N)CS)C(=O)NC(CC(=O)O)C(=O)N1CCCC1C(=O)O. The van der Waals surface area contributed by atoms with Gasteiger partial charge in [0.1, 0.15) is 18.1 Å². The first kappa shape index (κ1) is 25.7. The maximum absolute atomic E-state index is 12.8. The third-order valence-corrected chi connectivity index (χ3v) is 5.08. The summed E-state index contributed by atoms with van der Waals surface area (Å²) in [6.07, 6.45) is 0.227. The lowest BCUT2D eigenvalue weighted by Crippen LogP contribution is -2.57. The van der Waals surface area contributed by atoms with E-state index in [0.29, 0.717) is 6.42 Å². The molecular weight excluding hydrogens is 416 g/mol. The summed E-state index contributed by atoms with van der Waals surface area (Å²) < 4.78 is 0. The lowest BCUT2D eigenvalue weighted by atomic mass is 10.0. The first-order valence-corrected chi connectivity index (χ1v) is 10.3. The summed E-state index contributed by atoms with van der Waals surface area (Å²) in [5, 5.41) is 23.3. The fourth-order valence-corrected chi connectivity index (χ4v) is 3.36. The van der Waals surface area contributed by atoms with E-state index in [1.807, 2.05) is 13.8 Å². The van der Waals surface area contributed by atoms with Crippen LogP contribution in [0.25, 0.3) is 0 Å². The molecule has 0 saturated carbocycles. The van der Waals surface area contributed by atoms with Gasteiger partial charge in [0.2, 0.25) is 17.7 Å². The lowest BCUT2D eigenvalue weighted by Gasteiger charge is -2.28. The topological polar surface area (TPSA) is 179 Å². The molecule has 11 nitrogen and oxygen atoms in total. The van der Waals surface area contributed by atoms with Gasteiger partial charge in [-0.3, -0.25) is 19.2 Å². The third-order valence-electron chi connectivity index (χ3n) is 4.69. The highest BCUT2D eigenvalue weighted by Crippen LogP contribution is 2.19. The summed E-state index contributed by atoms with van der Waals surface area (Å²) in [5.41, 5.74) is 5.62. The van der Waals surface area contributed by atoms with Gasteiger partial charge in [0, 0.05) is 12.3 Å². The van der Waals surface area contributed by atoms with Crippen LogP contribution < -0.4 is 16.4 Å². The van der Waals surface area contributed by atoms with Crippen molar-refractivity contribution in [2.45, 2.75) is 63.7 Å². The number of carboxylic acids is 2. The molecule has 1 aliphatic heterocycles. The number of carbonyl (C=O) groups is 5. The van der Waals surface area contributed by atoms with Crippen molar-refractivity contribution in [1.29, 1.82) is 0 Å². The van der Waals surface area contributed by atoms with Crippen molar-refractivity contribution in [3.05, 3.63) is 0 Å². The highest BCUT2D eigenvalue weighted by Gasteiger charge is 2.39. The Hall–Kier alpha value is -2.34. The van der Waals surface area contributed by atoms with Crippen LogP contribution in [-0.2, 0) is 24.0 Å². The Bertz CT molecular complexity index is 673. The quantitative estimate of drug-likeness (QED) is 0.214. The minimum absolute atomic E-state index is 0.00289. The van der Waals surface area contributed by atoms with Crippen molar-refractivity contribution in [3.8, 4) is 0 Å². The van der Waals surface area contributed by atoms with E-state index >= 15 is 0 Å². The number of aliphatic carboxylic acids is 2. The van der Waals surface area contributed by atoms with Crippen LogP contribution in [0, 0.1) is 5.92 Å². The number of rotatable bonds is 11. The molecule has 12 heteroatoms. The number of nitrogens with two attached hydrogens (primary N) is 1. The summed E-state index contributed by atoms with van der Waals surface area (Å²) in [6, 6.07) is -4.50. The Morgan fingerprint density at radius 3 is 2.20 bits per heavy atom. The lowest BCUT2D eigenvalue weighted by molar-refractivity contribution is -0.150. The molecule has 1 fully saturated rings. The van der Waals surface area contributed by atoms with Gasteiger partial charge in [0.05, 0.1) is 12.5 Å². The molecule has 0 aliphatic carbocycles. The highest BCUT2D eigenvalue weighted by molar-refractivity contribution is 7.80. The van der Waals surface area contributed by atoms with Gasteiger partial charge >= 0.3 is 11.9 Å². The number of thiol groups is 1. The Kier molecular flexibility index (Phi) is 10.1. The van der Waals surface area contributed by atoms with Crippen molar-refractivity contribution in [1.82, 2.24) is 15.5 Å². The van der Waals surface area contributed by atoms with Crippen molar-refractivity contribution in [2.75, 3.05) is 12.3 Å². The molecule has 1 aliphatic rings. The van der Waals surface area contributed by atoms with E-state index in [1.54, 1.807) is 0 Å². The second kappa shape index (κ2) is 11.7. The number of hydrogen-bond donors (Lipinski definition) is 6. The molecule has 3 amide bonds. The highest BCUT2D eigenvalue weighted by atomic mass is 32.1. The first-order valence-electron chi connectivity index (χ1n) is 9.70. The molecule has 1 saturated heterocycles. The third kappa shape index (κ3) is 7.48. The van der Waals surface area contributed by atoms with Crippen molar-refractivity contribution in [3.63, 3.8) is 0 Å². The average molecular weight is 447 g/mol. The molecule has 4 unspecified atom stereocenters. The number of amides is 3.